The fourth-order valence-corrected chi connectivity index (χ4v) is 13.5. The van der Waals surface area contributed by atoms with Crippen molar-refractivity contribution in [2.45, 2.75) is 142 Å². The van der Waals surface area contributed by atoms with Crippen LogP contribution in [0.25, 0.3) is 0 Å². The van der Waals surface area contributed by atoms with Crippen LogP contribution in [0, 0.1) is 50.7 Å². The summed E-state index contributed by atoms with van der Waals surface area (Å²) in [5, 5.41) is 12.4. The van der Waals surface area contributed by atoms with Gasteiger partial charge in [0.15, 0.2) is 6.29 Å². The number of morpholine rings is 1. The van der Waals surface area contributed by atoms with Gasteiger partial charge in [0.05, 0.1) is 37.9 Å². The van der Waals surface area contributed by atoms with Crippen LogP contribution >= 0.6 is 0 Å². The van der Waals surface area contributed by atoms with Gasteiger partial charge in [-0.15, -0.1) is 0 Å². The van der Waals surface area contributed by atoms with Crippen molar-refractivity contribution in [3.05, 3.63) is 0 Å². The number of ether oxygens (including phenoxy) is 3. The van der Waals surface area contributed by atoms with Crippen molar-refractivity contribution >= 4 is 11.9 Å². The Bertz CT molecular complexity index is 1220. The fraction of sp³-hybridized carbons (Fsp3) is 0.947. The molecule has 0 radical (unpaired) electrons. The summed E-state index contributed by atoms with van der Waals surface area (Å²) in [7, 11) is 0. The maximum Gasteiger partial charge on any atom is 0.304 e. The van der Waals surface area contributed by atoms with Gasteiger partial charge in [-0.05, 0) is 128 Å². The van der Waals surface area contributed by atoms with Crippen molar-refractivity contribution in [2.75, 3.05) is 32.8 Å². The Morgan fingerprint density at radius 1 is 0.935 bits per heavy atom. The molecule has 8 fully saturated rings. The van der Waals surface area contributed by atoms with Gasteiger partial charge in [0, 0.05) is 26.1 Å². The van der Waals surface area contributed by atoms with Crippen LogP contribution in [0.3, 0.4) is 0 Å². The Morgan fingerprint density at radius 3 is 2.50 bits per heavy atom. The van der Waals surface area contributed by atoms with Crippen molar-refractivity contribution in [3.63, 3.8) is 0 Å². The van der Waals surface area contributed by atoms with Gasteiger partial charge in [0.2, 0.25) is 5.91 Å². The van der Waals surface area contributed by atoms with Crippen LogP contribution in [0.1, 0.15) is 118 Å². The van der Waals surface area contributed by atoms with E-state index in [0.29, 0.717) is 78.2 Å². The summed E-state index contributed by atoms with van der Waals surface area (Å²) in [5.74, 6) is 2.26. The predicted octanol–water partition coefficient (Wildman–Crippen LogP) is 6.02. The lowest BCUT2D eigenvalue weighted by Crippen LogP contribution is -2.58. The van der Waals surface area contributed by atoms with Gasteiger partial charge in [0.25, 0.3) is 0 Å². The average molecular weight is 641 g/mol. The molecule has 6 unspecified atom stereocenters. The van der Waals surface area contributed by atoms with Crippen molar-refractivity contribution in [3.8, 4) is 0 Å². The molecule has 6 saturated carbocycles. The molecule has 0 aromatic rings. The average Bonchev–Trinajstić information content (AvgIpc) is 3.93. The van der Waals surface area contributed by atoms with Gasteiger partial charge < -0.3 is 29.5 Å². The zero-order valence-electron chi connectivity index (χ0n) is 29.0. The van der Waals surface area contributed by atoms with E-state index >= 15 is 0 Å². The lowest BCUT2D eigenvalue weighted by atomic mass is 9.42. The van der Waals surface area contributed by atoms with E-state index in [9.17, 15) is 9.59 Å². The Labute approximate surface area is 276 Å². The highest BCUT2D eigenvalue weighted by molar-refractivity contribution is 5.76. The first-order valence-corrected chi connectivity index (χ1v) is 19.0. The summed E-state index contributed by atoms with van der Waals surface area (Å²) in [6.07, 6.45) is 16.4. The smallest absolute Gasteiger partial charge is 0.304 e. The molecular weight excluding hydrogens is 580 g/mol. The van der Waals surface area contributed by atoms with Crippen molar-refractivity contribution in [1.82, 2.24) is 10.2 Å². The van der Waals surface area contributed by atoms with Crippen LogP contribution in [-0.2, 0) is 23.8 Å². The SMILES string of the molecule is CC1(C)[C@@H](OC2CN(C(=O)CC3CC3)CCO2)CCC23C[C@]24CCC2(C)[C@H]5CCC(CNCCC(=O)O)OC5C[C@@]2(C)C4CC[C@@H]13. The van der Waals surface area contributed by atoms with Crippen molar-refractivity contribution in [1.29, 1.82) is 0 Å². The van der Waals surface area contributed by atoms with Crippen LogP contribution < -0.4 is 5.32 Å². The molecule has 8 heteroatoms. The number of hydrogen-bond acceptors (Lipinski definition) is 6. The summed E-state index contributed by atoms with van der Waals surface area (Å²) in [6, 6.07) is 0. The monoisotopic (exact) mass is 640 g/mol. The van der Waals surface area contributed by atoms with Crippen LogP contribution in [0.4, 0.5) is 0 Å². The molecule has 0 aromatic carbocycles. The highest BCUT2D eigenvalue weighted by Crippen LogP contribution is 2.89. The molecule has 2 heterocycles. The second-order valence-electron chi connectivity index (χ2n) is 18.3. The number of carboxylic acid groups (broad SMARTS) is 1. The third kappa shape index (κ3) is 4.80. The molecule has 2 saturated heterocycles. The molecule has 46 heavy (non-hydrogen) atoms. The number of carbonyl (C=O) groups is 2. The molecule has 2 N–H and O–H groups in total. The summed E-state index contributed by atoms with van der Waals surface area (Å²) < 4.78 is 19.9. The molecule has 0 bridgehead atoms. The Morgan fingerprint density at radius 2 is 1.72 bits per heavy atom. The van der Waals surface area contributed by atoms with E-state index < -0.39 is 5.97 Å². The predicted molar refractivity (Wildman–Crippen MR) is 174 cm³/mol. The van der Waals surface area contributed by atoms with Gasteiger partial charge in [-0.3, -0.25) is 9.59 Å². The molecule has 0 aromatic heterocycles. The van der Waals surface area contributed by atoms with Crippen LogP contribution in [0.2, 0.25) is 0 Å². The Balaban J connectivity index is 0.937. The minimum absolute atomic E-state index is 0.0890. The molecule has 8 aliphatic rings. The normalized spacial score (nSPS) is 48.8. The van der Waals surface area contributed by atoms with Gasteiger partial charge >= 0.3 is 5.97 Å². The number of carbonyl (C=O) groups excluding carboxylic acids is 1. The number of nitrogens with zero attached hydrogens (tertiary/aromatic N) is 1. The molecule has 2 spiro atoms. The zero-order valence-corrected chi connectivity index (χ0v) is 29.0. The lowest BCUT2D eigenvalue weighted by Gasteiger charge is -2.63. The summed E-state index contributed by atoms with van der Waals surface area (Å²) in [4.78, 5) is 25.8. The number of rotatable bonds is 9. The Hall–Kier alpha value is -1.22. The largest absolute Gasteiger partial charge is 0.481 e. The van der Waals surface area contributed by atoms with Crippen LogP contribution in [0.5, 0.6) is 0 Å². The number of nitrogens with one attached hydrogen (secondary N) is 1. The molecule has 258 valence electrons. The number of carboxylic acids is 1. The van der Waals surface area contributed by atoms with Gasteiger partial charge in [-0.25, -0.2) is 0 Å². The topological polar surface area (TPSA) is 97.3 Å². The fourth-order valence-electron chi connectivity index (χ4n) is 13.5. The maximum absolute atomic E-state index is 12.9. The first-order valence-electron chi connectivity index (χ1n) is 19.0. The lowest BCUT2D eigenvalue weighted by molar-refractivity contribution is -0.246. The van der Waals surface area contributed by atoms with E-state index in [1.807, 2.05) is 4.90 Å². The van der Waals surface area contributed by atoms with E-state index in [0.717, 1.165) is 25.3 Å². The standard InChI is InChI=1S/C38H60N2O6/c1-34(2)28-9-10-29-36(4)20-27-26(8-7-25(45-27)21-39-16-12-32(42)43)35(36,3)14-15-38(29)23-37(28,38)13-11-30(34)46-33-22-40(17-18-44-33)31(41)19-24-5-6-24/h24-30,33,39H,5-23H2,1-4H3,(H,42,43)/t25?,26-,27?,28-,29?,30-,33?,35?,36-,37?,38-/m0/s1. The zero-order chi connectivity index (χ0) is 32.1. The number of amides is 1. The molecule has 1 amide bonds. The van der Waals surface area contributed by atoms with E-state index in [1.54, 1.807) is 0 Å². The molecule has 8 rings (SSSR count). The van der Waals surface area contributed by atoms with Crippen LogP contribution in [-0.4, -0.2) is 79.3 Å². The third-order valence-electron chi connectivity index (χ3n) is 16.1. The van der Waals surface area contributed by atoms with Crippen LogP contribution in [0.15, 0.2) is 0 Å². The second kappa shape index (κ2) is 11.1. The van der Waals surface area contributed by atoms with E-state index in [2.05, 4.69) is 33.0 Å². The van der Waals surface area contributed by atoms with E-state index in [-0.39, 0.29) is 36.2 Å². The third-order valence-corrected chi connectivity index (χ3v) is 16.1. The minimum Gasteiger partial charge on any atom is -0.481 e. The van der Waals surface area contributed by atoms with Gasteiger partial charge in [0.1, 0.15) is 0 Å². The maximum atomic E-state index is 12.9. The number of hydrogen-bond donors (Lipinski definition) is 2. The molecule has 6 aliphatic carbocycles. The highest BCUT2D eigenvalue weighted by atomic mass is 16.7. The van der Waals surface area contributed by atoms with Gasteiger partial charge in [-0.2, -0.15) is 0 Å². The molecule has 2 aliphatic heterocycles. The second-order valence-corrected chi connectivity index (χ2v) is 18.3. The summed E-state index contributed by atoms with van der Waals surface area (Å²) in [6.45, 7) is 13.4. The van der Waals surface area contributed by atoms with Crippen molar-refractivity contribution in [2.24, 2.45) is 50.7 Å². The molecule has 11 atom stereocenters. The first kappa shape index (κ1) is 32.0. The van der Waals surface area contributed by atoms with E-state index in [1.165, 1.54) is 64.2 Å². The molecular formula is C38H60N2O6. The summed E-state index contributed by atoms with van der Waals surface area (Å²) in [5.41, 5.74) is 1.67. The Kier molecular flexibility index (Phi) is 7.76. The molecule has 8 nitrogen and oxygen atoms in total. The van der Waals surface area contributed by atoms with Crippen molar-refractivity contribution < 1.29 is 28.9 Å². The van der Waals surface area contributed by atoms with Gasteiger partial charge in [-0.1, -0.05) is 27.7 Å². The number of aliphatic carboxylic acids is 1. The highest BCUT2D eigenvalue weighted by Gasteiger charge is 2.83. The number of fused-ring (bicyclic) bond motifs is 4. The minimum atomic E-state index is -0.745. The first-order chi connectivity index (χ1) is 21.9. The van der Waals surface area contributed by atoms with E-state index in [4.69, 9.17) is 19.3 Å². The summed E-state index contributed by atoms with van der Waals surface area (Å²) >= 11 is 0. The quantitative estimate of drug-likeness (QED) is 0.298.